The molecule has 3 atom stereocenters. The monoisotopic (exact) mass is 180 g/mol. The standard InChI is InChI=1S/C11H20N2/c1-3-10-5-4-6-11(7-10)13-9(2)8-12/h9-11,13H,3-7H2,1-2H3. The van der Waals surface area contributed by atoms with E-state index in [4.69, 9.17) is 5.26 Å². The number of rotatable bonds is 3. The number of nitrogens with zero attached hydrogens (tertiary/aromatic N) is 1. The van der Waals surface area contributed by atoms with Crippen molar-refractivity contribution < 1.29 is 0 Å². The van der Waals surface area contributed by atoms with Crippen LogP contribution in [0.5, 0.6) is 0 Å². The first kappa shape index (κ1) is 10.5. The molecule has 0 aromatic heterocycles. The molecule has 1 aliphatic carbocycles. The quantitative estimate of drug-likeness (QED) is 0.724. The average Bonchev–Trinajstić information content (AvgIpc) is 2.18. The molecule has 2 heteroatoms. The summed E-state index contributed by atoms with van der Waals surface area (Å²) in [7, 11) is 0. The highest BCUT2D eigenvalue weighted by molar-refractivity contribution is 4.89. The van der Waals surface area contributed by atoms with Gasteiger partial charge in [0.25, 0.3) is 0 Å². The first-order valence-corrected chi connectivity index (χ1v) is 5.42. The fourth-order valence-corrected chi connectivity index (χ4v) is 2.20. The number of nitriles is 1. The van der Waals surface area contributed by atoms with Crippen molar-refractivity contribution in [3.8, 4) is 6.07 Å². The molecule has 13 heavy (non-hydrogen) atoms. The molecule has 0 heterocycles. The van der Waals surface area contributed by atoms with Crippen LogP contribution in [0.4, 0.5) is 0 Å². The number of nitrogens with one attached hydrogen (secondary N) is 1. The first-order valence-electron chi connectivity index (χ1n) is 5.42. The summed E-state index contributed by atoms with van der Waals surface area (Å²) in [4.78, 5) is 0. The third kappa shape index (κ3) is 3.36. The molecule has 3 unspecified atom stereocenters. The van der Waals surface area contributed by atoms with E-state index in [1.54, 1.807) is 0 Å². The van der Waals surface area contributed by atoms with Gasteiger partial charge in [0.15, 0.2) is 0 Å². The van der Waals surface area contributed by atoms with E-state index in [1.807, 2.05) is 6.92 Å². The fraction of sp³-hybridized carbons (Fsp3) is 0.909. The summed E-state index contributed by atoms with van der Waals surface area (Å²) in [5, 5.41) is 12.0. The number of hydrogen-bond donors (Lipinski definition) is 1. The Hall–Kier alpha value is -0.550. The molecule has 1 aliphatic rings. The van der Waals surface area contributed by atoms with Gasteiger partial charge in [-0.15, -0.1) is 0 Å². The van der Waals surface area contributed by atoms with E-state index in [-0.39, 0.29) is 6.04 Å². The normalized spacial score (nSPS) is 30.8. The lowest BCUT2D eigenvalue weighted by Crippen LogP contribution is -2.38. The Kier molecular flexibility index (Phi) is 4.24. The zero-order valence-corrected chi connectivity index (χ0v) is 8.71. The van der Waals surface area contributed by atoms with Crippen LogP contribution in [0.15, 0.2) is 0 Å². The molecular weight excluding hydrogens is 160 g/mol. The zero-order valence-electron chi connectivity index (χ0n) is 8.71. The molecule has 74 valence electrons. The zero-order chi connectivity index (χ0) is 9.68. The smallest absolute Gasteiger partial charge is 0.0926 e. The topological polar surface area (TPSA) is 35.8 Å². The minimum absolute atomic E-state index is 0.0145. The van der Waals surface area contributed by atoms with Crippen molar-refractivity contribution in [3.05, 3.63) is 0 Å². The Bertz CT molecular complexity index is 183. The van der Waals surface area contributed by atoms with E-state index in [2.05, 4.69) is 18.3 Å². The molecule has 1 N–H and O–H groups in total. The molecule has 1 fully saturated rings. The molecule has 0 saturated heterocycles. The van der Waals surface area contributed by atoms with Crippen LogP contribution >= 0.6 is 0 Å². The second-order valence-corrected chi connectivity index (χ2v) is 4.16. The van der Waals surface area contributed by atoms with E-state index in [1.165, 1.54) is 32.1 Å². The van der Waals surface area contributed by atoms with Crippen molar-refractivity contribution in [3.63, 3.8) is 0 Å². The summed E-state index contributed by atoms with van der Waals surface area (Å²) in [5.41, 5.74) is 0. The van der Waals surface area contributed by atoms with Gasteiger partial charge in [-0.25, -0.2) is 0 Å². The minimum atomic E-state index is 0.0145. The molecule has 0 spiro atoms. The lowest BCUT2D eigenvalue weighted by atomic mass is 9.84. The maximum atomic E-state index is 8.68. The molecule has 0 aromatic rings. The Balaban J connectivity index is 2.30. The molecule has 1 rings (SSSR count). The van der Waals surface area contributed by atoms with Gasteiger partial charge in [-0.2, -0.15) is 5.26 Å². The molecule has 2 nitrogen and oxygen atoms in total. The third-order valence-corrected chi connectivity index (χ3v) is 3.04. The summed E-state index contributed by atoms with van der Waals surface area (Å²) in [6, 6.07) is 2.84. The molecule has 1 saturated carbocycles. The summed E-state index contributed by atoms with van der Waals surface area (Å²) in [6.07, 6.45) is 6.52. The average molecular weight is 180 g/mol. The van der Waals surface area contributed by atoms with Gasteiger partial charge in [-0.05, 0) is 25.7 Å². The lowest BCUT2D eigenvalue weighted by molar-refractivity contribution is 0.274. The summed E-state index contributed by atoms with van der Waals surface area (Å²) >= 11 is 0. The Labute approximate surface area is 81.3 Å². The first-order chi connectivity index (χ1) is 6.26. The minimum Gasteiger partial charge on any atom is -0.299 e. The van der Waals surface area contributed by atoms with Crippen molar-refractivity contribution in [1.29, 1.82) is 5.26 Å². The van der Waals surface area contributed by atoms with Crippen molar-refractivity contribution in [2.75, 3.05) is 0 Å². The van der Waals surface area contributed by atoms with Crippen LogP contribution in [0, 0.1) is 17.2 Å². The predicted molar refractivity (Wildman–Crippen MR) is 54.2 cm³/mol. The lowest BCUT2D eigenvalue weighted by Gasteiger charge is -2.29. The fourth-order valence-electron chi connectivity index (χ4n) is 2.20. The third-order valence-electron chi connectivity index (χ3n) is 3.04. The Morgan fingerprint density at radius 1 is 1.54 bits per heavy atom. The van der Waals surface area contributed by atoms with Crippen LogP contribution in [0.2, 0.25) is 0 Å². The van der Waals surface area contributed by atoms with Gasteiger partial charge in [0.1, 0.15) is 0 Å². The van der Waals surface area contributed by atoms with Crippen LogP contribution < -0.4 is 5.32 Å². The largest absolute Gasteiger partial charge is 0.299 e. The molecule has 0 radical (unpaired) electrons. The van der Waals surface area contributed by atoms with Crippen molar-refractivity contribution >= 4 is 0 Å². The second kappa shape index (κ2) is 5.24. The van der Waals surface area contributed by atoms with Crippen LogP contribution in [-0.4, -0.2) is 12.1 Å². The predicted octanol–water partition coefficient (Wildman–Crippen LogP) is 2.46. The Morgan fingerprint density at radius 3 is 2.92 bits per heavy atom. The van der Waals surface area contributed by atoms with E-state index in [0.29, 0.717) is 6.04 Å². The van der Waals surface area contributed by atoms with Gasteiger partial charge in [0.2, 0.25) is 0 Å². The second-order valence-electron chi connectivity index (χ2n) is 4.16. The summed E-state index contributed by atoms with van der Waals surface area (Å²) < 4.78 is 0. The highest BCUT2D eigenvalue weighted by Crippen LogP contribution is 2.26. The molecule has 0 aliphatic heterocycles. The van der Waals surface area contributed by atoms with Crippen molar-refractivity contribution in [1.82, 2.24) is 5.32 Å². The summed E-state index contributed by atoms with van der Waals surface area (Å²) in [5.74, 6) is 0.886. The van der Waals surface area contributed by atoms with E-state index in [9.17, 15) is 0 Å². The van der Waals surface area contributed by atoms with Crippen molar-refractivity contribution in [2.24, 2.45) is 5.92 Å². The van der Waals surface area contributed by atoms with E-state index < -0.39 is 0 Å². The van der Waals surface area contributed by atoms with Gasteiger partial charge in [-0.1, -0.05) is 26.2 Å². The SMILES string of the molecule is CCC1CCCC(NC(C)C#N)C1. The van der Waals surface area contributed by atoms with Crippen LogP contribution in [0.3, 0.4) is 0 Å². The number of hydrogen-bond acceptors (Lipinski definition) is 2. The van der Waals surface area contributed by atoms with Crippen LogP contribution in [-0.2, 0) is 0 Å². The van der Waals surface area contributed by atoms with E-state index >= 15 is 0 Å². The van der Waals surface area contributed by atoms with Crippen LogP contribution in [0.1, 0.15) is 46.0 Å². The van der Waals surface area contributed by atoms with E-state index in [0.717, 1.165) is 5.92 Å². The molecule has 0 bridgehead atoms. The maximum absolute atomic E-state index is 8.68. The highest BCUT2D eigenvalue weighted by atomic mass is 14.9. The van der Waals surface area contributed by atoms with Crippen molar-refractivity contribution in [2.45, 2.75) is 58.0 Å². The Morgan fingerprint density at radius 2 is 2.31 bits per heavy atom. The van der Waals surface area contributed by atoms with Gasteiger partial charge < -0.3 is 0 Å². The highest BCUT2D eigenvalue weighted by Gasteiger charge is 2.21. The summed E-state index contributed by atoms with van der Waals surface area (Å²) in [6.45, 7) is 4.20. The van der Waals surface area contributed by atoms with Gasteiger partial charge in [0.05, 0.1) is 12.1 Å². The molecule has 0 amide bonds. The van der Waals surface area contributed by atoms with Crippen LogP contribution in [0.25, 0.3) is 0 Å². The van der Waals surface area contributed by atoms with Gasteiger partial charge in [-0.3, -0.25) is 5.32 Å². The van der Waals surface area contributed by atoms with Gasteiger partial charge >= 0.3 is 0 Å². The molecule has 0 aromatic carbocycles. The maximum Gasteiger partial charge on any atom is 0.0926 e. The molecular formula is C11H20N2. The van der Waals surface area contributed by atoms with Gasteiger partial charge in [0, 0.05) is 6.04 Å².